The molecule has 0 saturated carbocycles. The van der Waals surface area contributed by atoms with Crippen molar-refractivity contribution in [3.63, 3.8) is 0 Å². The summed E-state index contributed by atoms with van der Waals surface area (Å²) in [6.45, 7) is 0. The minimum atomic E-state index is -0.436. The van der Waals surface area contributed by atoms with Crippen LogP contribution in [0.3, 0.4) is 0 Å². The van der Waals surface area contributed by atoms with E-state index in [0.29, 0.717) is 11.6 Å². The summed E-state index contributed by atoms with van der Waals surface area (Å²) in [6, 6.07) is 16.4. The van der Waals surface area contributed by atoms with Crippen LogP contribution in [0.15, 0.2) is 71.5 Å². The molecule has 0 fully saturated rings. The van der Waals surface area contributed by atoms with Crippen LogP contribution in [-0.2, 0) is 4.79 Å². The Balaban J connectivity index is 1.63. The minimum Gasteiger partial charge on any atom is -0.423 e. The molecule has 0 aliphatic carbocycles. The normalized spacial score (nSPS) is 10.7. The average molecular weight is 292 g/mol. The third kappa shape index (κ3) is 3.46. The van der Waals surface area contributed by atoms with Gasteiger partial charge in [0.25, 0.3) is 0 Å². The first kappa shape index (κ1) is 13.8. The largest absolute Gasteiger partial charge is 0.423 e. The molecule has 0 amide bonds. The van der Waals surface area contributed by atoms with E-state index in [0.717, 1.165) is 11.1 Å². The molecule has 0 aliphatic heterocycles. The predicted octanol–water partition coefficient (Wildman–Crippen LogP) is 3.36. The predicted molar refractivity (Wildman–Crippen MR) is 80.8 cm³/mol. The van der Waals surface area contributed by atoms with Gasteiger partial charge in [-0.15, -0.1) is 10.2 Å². The van der Waals surface area contributed by atoms with Gasteiger partial charge in [0.15, 0.2) is 0 Å². The molecular formula is C17H12N2O3. The van der Waals surface area contributed by atoms with Crippen molar-refractivity contribution in [2.45, 2.75) is 0 Å². The van der Waals surface area contributed by atoms with Crippen molar-refractivity contribution in [1.82, 2.24) is 10.2 Å². The van der Waals surface area contributed by atoms with Crippen molar-refractivity contribution in [3.05, 3.63) is 72.6 Å². The van der Waals surface area contributed by atoms with E-state index in [1.807, 2.05) is 30.3 Å². The summed E-state index contributed by atoms with van der Waals surface area (Å²) in [5.41, 5.74) is 1.70. The van der Waals surface area contributed by atoms with Gasteiger partial charge in [-0.3, -0.25) is 0 Å². The van der Waals surface area contributed by atoms with Crippen LogP contribution in [0, 0.1) is 0 Å². The van der Waals surface area contributed by atoms with Gasteiger partial charge in [0.2, 0.25) is 12.3 Å². The Hall–Kier alpha value is -3.21. The van der Waals surface area contributed by atoms with E-state index in [9.17, 15) is 4.79 Å². The van der Waals surface area contributed by atoms with Gasteiger partial charge in [-0.1, -0.05) is 30.3 Å². The van der Waals surface area contributed by atoms with Gasteiger partial charge in [-0.2, -0.15) is 0 Å². The monoisotopic (exact) mass is 292 g/mol. The van der Waals surface area contributed by atoms with Gasteiger partial charge in [0.05, 0.1) is 0 Å². The number of carbonyl (C=O) groups excluding carboxylic acids is 1. The highest BCUT2D eigenvalue weighted by molar-refractivity contribution is 5.88. The summed E-state index contributed by atoms with van der Waals surface area (Å²) in [4.78, 5) is 11.7. The SMILES string of the molecule is O=C(C=Cc1ccccc1)Oc1ccc(-c2nnco2)cc1. The molecule has 0 spiro atoms. The highest BCUT2D eigenvalue weighted by Gasteiger charge is 2.05. The molecule has 108 valence electrons. The molecule has 0 N–H and O–H groups in total. The molecule has 2 aromatic carbocycles. The lowest BCUT2D eigenvalue weighted by molar-refractivity contribution is -0.128. The first-order valence-electron chi connectivity index (χ1n) is 6.63. The number of hydrogen-bond acceptors (Lipinski definition) is 5. The molecule has 5 heteroatoms. The molecule has 0 atom stereocenters. The third-order valence-corrected chi connectivity index (χ3v) is 2.89. The zero-order valence-corrected chi connectivity index (χ0v) is 11.5. The van der Waals surface area contributed by atoms with Crippen LogP contribution in [0.1, 0.15) is 5.56 Å². The lowest BCUT2D eigenvalue weighted by Crippen LogP contribution is -2.03. The van der Waals surface area contributed by atoms with E-state index >= 15 is 0 Å². The Morgan fingerprint density at radius 3 is 2.50 bits per heavy atom. The maximum absolute atomic E-state index is 11.7. The molecule has 0 aliphatic rings. The van der Waals surface area contributed by atoms with Gasteiger partial charge in [-0.25, -0.2) is 4.79 Å². The molecule has 3 aromatic rings. The van der Waals surface area contributed by atoms with Crippen LogP contribution in [0.4, 0.5) is 0 Å². The van der Waals surface area contributed by atoms with Crippen LogP contribution < -0.4 is 4.74 Å². The number of nitrogens with zero attached hydrogens (tertiary/aromatic N) is 2. The molecule has 1 heterocycles. The van der Waals surface area contributed by atoms with E-state index < -0.39 is 5.97 Å². The van der Waals surface area contributed by atoms with E-state index in [1.165, 1.54) is 12.5 Å². The molecular weight excluding hydrogens is 280 g/mol. The summed E-state index contributed by atoms with van der Waals surface area (Å²) in [5, 5.41) is 7.42. The number of hydrogen-bond donors (Lipinski definition) is 0. The van der Waals surface area contributed by atoms with Gasteiger partial charge in [0.1, 0.15) is 5.75 Å². The van der Waals surface area contributed by atoms with Crippen molar-refractivity contribution in [3.8, 4) is 17.2 Å². The van der Waals surface area contributed by atoms with Crippen molar-refractivity contribution in [1.29, 1.82) is 0 Å². The second kappa shape index (κ2) is 6.49. The minimum absolute atomic E-state index is 0.418. The summed E-state index contributed by atoms with van der Waals surface area (Å²) < 4.78 is 10.3. The Kier molecular flexibility index (Phi) is 4.06. The van der Waals surface area contributed by atoms with Crippen LogP contribution in [0.25, 0.3) is 17.5 Å². The average Bonchev–Trinajstić information content (AvgIpc) is 3.09. The topological polar surface area (TPSA) is 65.2 Å². The number of benzene rings is 2. The molecule has 1 aromatic heterocycles. The number of carbonyl (C=O) groups is 1. The molecule has 5 nitrogen and oxygen atoms in total. The smallest absolute Gasteiger partial charge is 0.336 e. The lowest BCUT2D eigenvalue weighted by atomic mass is 10.2. The van der Waals surface area contributed by atoms with E-state index in [1.54, 1.807) is 30.3 Å². The van der Waals surface area contributed by atoms with Crippen LogP contribution in [-0.4, -0.2) is 16.2 Å². The Morgan fingerprint density at radius 2 is 1.82 bits per heavy atom. The maximum atomic E-state index is 11.7. The zero-order valence-electron chi connectivity index (χ0n) is 11.5. The van der Waals surface area contributed by atoms with Crippen molar-refractivity contribution in [2.75, 3.05) is 0 Å². The van der Waals surface area contributed by atoms with E-state index in [-0.39, 0.29) is 0 Å². The highest BCUT2D eigenvalue weighted by atomic mass is 16.5. The van der Waals surface area contributed by atoms with Crippen LogP contribution >= 0.6 is 0 Å². The molecule has 3 rings (SSSR count). The molecule has 0 unspecified atom stereocenters. The lowest BCUT2D eigenvalue weighted by Gasteiger charge is -2.01. The van der Waals surface area contributed by atoms with Crippen molar-refractivity contribution >= 4 is 12.0 Å². The quantitative estimate of drug-likeness (QED) is 0.419. The number of rotatable bonds is 4. The molecule has 0 radical (unpaired) electrons. The summed E-state index contributed by atoms with van der Waals surface area (Å²) in [7, 11) is 0. The van der Waals surface area contributed by atoms with Gasteiger partial charge >= 0.3 is 5.97 Å². The first-order valence-corrected chi connectivity index (χ1v) is 6.63. The summed E-state index contributed by atoms with van der Waals surface area (Å²) in [5.74, 6) is 0.433. The fraction of sp³-hybridized carbons (Fsp3) is 0. The number of ether oxygens (including phenoxy) is 1. The summed E-state index contributed by atoms with van der Waals surface area (Å²) in [6.07, 6.45) is 4.36. The Bertz CT molecular complexity index is 763. The third-order valence-electron chi connectivity index (χ3n) is 2.89. The number of aromatic nitrogens is 2. The molecule has 0 saturated heterocycles. The molecule has 22 heavy (non-hydrogen) atoms. The van der Waals surface area contributed by atoms with Crippen LogP contribution in [0.5, 0.6) is 5.75 Å². The number of esters is 1. The fourth-order valence-corrected chi connectivity index (χ4v) is 1.84. The second-order valence-electron chi connectivity index (χ2n) is 4.43. The standard InChI is InChI=1S/C17H12N2O3/c20-16(11-6-13-4-2-1-3-5-13)22-15-9-7-14(8-10-15)17-19-18-12-21-17/h1-12H. The maximum Gasteiger partial charge on any atom is 0.336 e. The summed E-state index contributed by atoms with van der Waals surface area (Å²) >= 11 is 0. The zero-order chi connectivity index (χ0) is 15.2. The first-order chi connectivity index (χ1) is 10.8. The van der Waals surface area contributed by atoms with Crippen molar-refractivity contribution in [2.24, 2.45) is 0 Å². The van der Waals surface area contributed by atoms with Gasteiger partial charge < -0.3 is 9.15 Å². The molecule has 0 bridgehead atoms. The Labute approximate surface area is 126 Å². The van der Waals surface area contributed by atoms with Gasteiger partial charge in [0, 0.05) is 11.6 Å². The second-order valence-corrected chi connectivity index (χ2v) is 4.43. The van der Waals surface area contributed by atoms with E-state index in [4.69, 9.17) is 9.15 Å². The van der Waals surface area contributed by atoms with Crippen molar-refractivity contribution < 1.29 is 13.9 Å². The van der Waals surface area contributed by atoms with Gasteiger partial charge in [-0.05, 0) is 35.9 Å². The Morgan fingerprint density at radius 1 is 1.05 bits per heavy atom. The fourth-order valence-electron chi connectivity index (χ4n) is 1.84. The van der Waals surface area contributed by atoms with Crippen LogP contribution in [0.2, 0.25) is 0 Å². The van der Waals surface area contributed by atoms with E-state index in [2.05, 4.69) is 10.2 Å². The highest BCUT2D eigenvalue weighted by Crippen LogP contribution is 2.20.